The fraction of sp³-hybridized carbons (Fsp3) is 0.333. The lowest BCUT2D eigenvalue weighted by Crippen LogP contribution is -2.01. The molecule has 0 amide bonds. The van der Waals surface area contributed by atoms with Crippen molar-refractivity contribution in [3.63, 3.8) is 0 Å². The van der Waals surface area contributed by atoms with Crippen LogP contribution in [0.25, 0.3) is 11.3 Å². The summed E-state index contributed by atoms with van der Waals surface area (Å²) in [6, 6.07) is 3.95. The Labute approximate surface area is 113 Å². The maximum absolute atomic E-state index is 9.15. The molecular formula is C15H18N2O2. The zero-order valence-electron chi connectivity index (χ0n) is 11.7. The molecule has 100 valence electrons. The van der Waals surface area contributed by atoms with Crippen molar-refractivity contribution in [3.05, 3.63) is 40.8 Å². The quantitative estimate of drug-likeness (QED) is 0.919. The van der Waals surface area contributed by atoms with Crippen LogP contribution in [0.15, 0.2) is 18.3 Å². The summed E-state index contributed by atoms with van der Waals surface area (Å²) in [5, 5.41) is 9.15. The number of ether oxygens (including phenoxy) is 1. The minimum Gasteiger partial charge on any atom is -0.496 e. The molecule has 0 unspecified atom stereocenters. The number of nitrogens with zero attached hydrogens (tertiary/aromatic N) is 2. The number of aliphatic hydroxyl groups excluding tert-OH is 1. The summed E-state index contributed by atoms with van der Waals surface area (Å²) in [6.07, 6.45) is 1.65. The average Bonchev–Trinajstić information content (AvgIpc) is 2.42. The summed E-state index contributed by atoms with van der Waals surface area (Å²) in [7, 11) is 1.67. The molecule has 0 aliphatic heterocycles. The maximum atomic E-state index is 9.15. The molecule has 2 aromatic rings. The third-order valence-corrected chi connectivity index (χ3v) is 3.29. The van der Waals surface area contributed by atoms with E-state index in [1.54, 1.807) is 13.3 Å². The van der Waals surface area contributed by atoms with E-state index in [4.69, 9.17) is 9.84 Å². The van der Waals surface area contributed by atoms with Gasteiger partial charge in [0.1, 0.15) is 12.4 Å². The molecule has 1 aromatic heterocycles. The summed E-state index contributed by atoms with van der Waals surface area (Å²) < 4.78 is 5.54. The molecule has 0 atom stereocenters. The van der Waals surface area contributed by atoms with Gasteiger partial charge in [0.2, 0.25) is 0 Å². The molecule has 0 spiro atoms. The SMILES string of the molecule is COc1c(C)c(C)cc(C)c1-c1ccnc(CO)n1. The van der Waals surface area contributed by atoms with Crippen LogP contribution in [-0.4, -0.2) is 22.2 Å². The minimum absolute atomic E-state index is 0.167. The van der Waals surface area contributed by atoms with E-state index in [-0.39, 0.29) is 6.61 Å². The van der Waals surface area contributed by atoms with E-state index in [1.807, 2.05) is 19.9 Å². The van der Waals surface area contributed by atoms with Crippen LogP contribution < -0.4 is 4.74 Å². The molecule has 2 rings (SSSR count). The van der Waals surface area contributed by atoms with Crippen LogP contribution in [-0.2, 0) is 6.61 Å². The molecule has 0 aliphatic carbocycles. The van der Waals surface area contributed by atoms with Gasteiger partial charge in [0.15, 0.2) is 5.82 Å². The van der Waals surface area contributed by atoms with E-state index in [1.165, 1.54) is 5.56 Å². The molecular weight excluding hydrogens is 240 g/mol. The van der Waals surface area contributed by atoms with Crippen LogP contribution in [0, 0.1) is 20.8 Å². The van der Waals surface area contributed by atoms with Crippen molar-refractivity contribution >= 4 is 0 Å². The van der Waals surface area contributed by atoms with Gasteiger partial charge in [-0.2, -0.15) is 0 Å². The largest absolute Gasteiger partial charge is 0.496 e. The third-order valence-electron chi connectivity index (χ3n) is 3.29. The number of rotatable bonds is 3. The number of aromatic nitrogens is 2. The van der Waals surface area contributed by atoms with Crippen LogP contribution in [0.2, 0.25) is 0 Å². The molecule has 0 bridgehead atoms. The molecule has 0 aliphatic rings. The van der Waals surface area contributed by atoms with Gasteiger partial charge >= 0.3 is 0 Å². The Balaban J connectivity index is 2.70. The third kappa shape index (κ3) is 2.44. The monoisotopic (exact) mass is 258 g/mol. The molecule has 0 saturated heterocycles. The van der Waals surface area contributed by atoms with E-state index in [0.717, 1.165) is 28.1 Å². The standard InChI is InChI=1S/C15H18N2O2/c1-9-7-10(2)14(15(19-4)11(9)3)12-5-6-16-13(8-18)17-12/h5-7,18H,8H2,1-4H3. The molecule has 0 saturated carbocycles. The highest BCUT2D eigenvalue weighted by Gasteiger charge is 2.15. The Kier molecular flexibility index (Phi) is 3.81. The summed E-state index contributed by atoms with van der Waals surface area (Å²) in [5.41, 5.74) is 5.13. The molecule has 1 aromatic carbocycles. The predicted octanol–water partition coefficient (Wildman–Crippen LogP) is 2.57. The summed E-state index contributed by atoms with van der Waals surface area (Å²) >= 11 is 0. The number of benzene rings is 1. The fourth-order valence-electron chi connectivity index (χ4n) is 2.24. The highest BCUT2D eigenvalue weighted by Crippen LogP contribution is 2.36. The van der Waals surface area contributed by atoms with Crippen LogP contribution >= 0.6 is 0 Å². The number of aliphatic hydroxyl groups is 1. The Morgan fingerprint density at radius 1 is 1.21 bits per heavy atom. The lowest BCUT2D eigenvalue weighted by molar-refractivity contribution is 0.271. The van der Waals surface area contributed by atoms with E-state index in [9.17, 15) is 0 Å². The predicted molar refractivity (Wildman–Crippen MR) is 74.2 cm³/mol. The fourth-order valence-corrected chi connectivity index (χ4v) is 2.24. The minimum atomic E-state index is -0.167. The second-order valence-electron chi connectivity index (χ2n) is 4.56. The maximum Gasteiger partial charge on any atom is 0.154 e. The topological polar surface area (TPSA) is 55.2 Å². The Morgan fingerprint density at radius 2 is 1.95 bits per heavy atom. The van der Waals surface area contributed by atoms with Gasteiger partial charge in [-0.15, -0.1) is 0 Å². The zero-order chi connectivity index (χ0) is 14.0. The van der Waals surface area contributed by atoms with E-state index >= 15 is 0 Å². The van der Waals surface area contributed by atoms with Crippen LogP contribution in [0.1, 0.15) is 22.5 Å². The first kappa shape index (κ1) is 13.5. The smallest absolute Gasteiger partial charge is 0.154 e. The molecule has 1 N–H and O–H groups in total. The average molecular weight is 258 g/mol. The zero-order valence-corrected chi connectivity index (χ0v) is 11.7. The van der Waals surface area contributed by atoms with Crippen LogP contribution in [0.3, 0.4) is 0 Å². The van der Waals surface area contributed by atoms with Crippen molar-refractivity contribution in [2.75, 3.05) is 7.11 Å². The lowest BCUT2D eigenvalue weighted by atomic mass is 9.97. The van der Waals surface area contributed by atoms with E-state index in [0.29, 0.717) is 5.82 Å². The number of methoxy groups -OCH3 is 1. The Bertz CT molecular complexity index is 609. The lowest BCUT2D eigenvalue weighted by Gasteiger charge is -2.16. The van der Waals surface area contributed by atoms with Crippen LogP contribution in [0.4, 0.5) is 0 Å². The van der Waals surface area contributed by atoms with Gasteiger partial charge in [-0.3, -0.25) is 0 Å². The molecule has 4 heteroatoms. The van der Waals surface area contributed by atoms with Gasteiger partial charge in [-0.05, 0) is 43.5 Å². The second kappa shape index (κ2) is 5.36. The molecule has 19 heavy (non-hydrogen) atoms. The Morgan fingerprint density at radius 3 is 2.58 bits per heavy atom. The van der Waals surface area contributed by atoms with Gasteiger partial charge in [-0.1, -0.05) is 6.07 Å². The highest BCUT2D eigenvalue weighted by molar-refractivity contribution is 5.73. The normalized spacial score (nSPS) is 10.6. The molecule has 4 nitrogen and oxygen atoms in total. The van der Waals surface area contributed by atoms with Crippen molar-refractivity contribution in [1.82, 2.24) is 9.97 Å². The van der Waals surface area contributed by atoms with Gasteiger partial charge in [0.05, 0.1) is 12.8 Å². The van der Waals surface area contributed by atoms with Gasteiger partial charge in [0.25, 0.3) is 0 Å². The van der Waals surface area contributed by atoms with Crippen molar-refractivity contribution in [3.8, 4) is 17.0 Å². The number of hydrogen-bond acceptors (Lipinski definition) is 4. The first-order valence-corrected chi connectivity index (χ1v) is 6.16. The highest BCUT2D eigenvalue weighted by atomic mass is 16.5. The summed E-state index contributed by atoms with van der Waals surface area (Å²) in [6.45, 7) is 5.96. The number of hydrogen-bond donors (Lipinski definition) is 1. The molecule has 0 radical (unpaired) electrons. The van der Waals surface area contributed by atoms with Gasteiger partial charge < -0.3 is 9.84 Å². The van der Waals surface area contributed by atoms with Crippen molar-refractivity contribution in [2.24, 2.45) is 0 Å². The summed E-state index contributed by atoms with van der Waals surface area (Å²) in [5.74, 6) is 1.25. The van der Waals surface area contributed by atoms with Crippen molar-refractivity contribution in [2.45, 2.75) is 27.4 Å². The Hall–Kier alpha value is -1.94. The first-order valence-electron chi connectivity index (χ1n) is 6.16. The number of aryl methyl sites for hydroxylation is 2. The van der Waals surface area contributed by atoms with Gasteiger partial charge in [-0.25, -0.2) is 9.97 Å². The van der Waals surface area contributed by atoms with Crippen molar-refractivity contribution in [1.29, 1.82) is 0 Å². The van der Waals surface area contributed by atoms with E-state index < -0.39 is 0 Å². The van der Waals surface area contributed by atoms with Crippen LogP contribution in [0.5, 0.6) is 5.75 Å². The van der Waals surface area contributed by atoms with Crippen molar-refractivity contribution < 1.29 is 9.84 Å². The first-order chi connectivity index (χ1) is 9.08. The summed E-state index contributed by atoms with van der Waals surface area (Å²) in [4.78, 5) is 8.37. The molecule has 0 fully saturated rings. The van der Waals surface area contributed by atoms with Gasteiger partial charge in [0, 0.05) is 11.8 Å². The second-order valence-corrected chi connectivity index (χ2v) is 4.56. The molecule has 1 heterocycles. The van der Waals surface area contributed by atoms with E-state index in [2.05, 4.69) is 23.0 Å².